The molecular weight excluding hydrogens is 234 g/mol. The number of amides is 1. The number of piperidine rings is 1. The number of rotatable bonds is 4. The van der Waals surface area contributed by atoms with Crippen molar-refractivity contribution in [3.8, 4) is 0 Å². The molecule has 0 spiro atoms. The minimum Gasteiger partial charge on any atom is -0.336 e. The predicted molar refractivity (Wildman–Crippen MR) is 65.6 cm³/mol. The fraction of sp³-hybridized carbons (Fsp3) is 0.417. The second-order valence-electron chi connectivity index (χ2n) is 4.26. The van der Waals surface area contributed by atoms with Crippen LogP contribution >= 0.6 is 0 Å². The molecule has 2 unspecified atom stereocenters. The highest BCUT2D eigenvalue weighted by Gasteiger charge is 2.38. The average Bonchev–Trinajstić information content (AvgIpc) is 2.42. The van der Waals surface area contributed by atoms with Gasteiger partial charge in [-0.25, -0.2) is 0 Å². The second-order valence-corrected chi connectivity index (χ2v) is 4.26. The van der Waals surface area contributed by atoms with E-state index < -0.39 is 18.0 Å². The van der Waals surface area contributed by atoms with Crippen LogP contribution in [-0.4, -0.2) is 29.4 Å². The number of carbonyl (C=O) groups excluding carboxylic acids is 1. The van der Waals surface area contributed by atoms with E-state index in [-0.39, 0.29) is 0 Å². The number of nitroso groups, excluding NO2 is 2. The van der Waals surface area contributed by atoms with Gasteiger partial charge in [-0.05, 0) is 12.0 Å². The molecule has 0 radical (unpaired) electrons. The molecule has 0 N–H and O–H groups in total. The first kappa shape index (κ1) is 12.3. The van der Waals surface area contributed by atoms with Gasteiger partial charge in [0, 0.05) is 13.1 Å². The van der Waals surface area contributed by atoms with Gasteiger partial charge in [0.15, 0.2) is 6.04 Å². The maximum absolute atomic E-state index is 12.0. The summed E-state index contributed by atoms with van der Waals surface area (Å²) in [5, 5.41) is 5.54. The summed E-state index contributed by atoms with van der Waals surface area (Å²) in [7, 11) is 0. The zero-order valence-corrected chi connectivity index (χ0v) is 9.73. The molecule has 2 rings (SSSR count). The van der Waals surface area contributed by atoms with Gasteiger partial charge in [0.1, 0.15) is 6.04 Å². The first-order valence-corrected chi connectivity index (χ1v) is 5.74. The molecule has 6 nitrogen and oxygen atoms in total. The Kier molecular flexibility index (Phi) is 3.76. The van der Waals surface area contributed by atoms with Gasteiger partial charge in [0.25, 0.3) is 5.91 Å². The summed E-state index contributed by atoms with van der Waals surface area (Å²) in [6.45, 7) is 0.855. The van der Waals surface area contributed by atoms with Crippen molar-refractivity contribution >= 4 is 5.91 Å². The Hall–Kier alpha value is -2.11. The minimum atomic E-state index is -1.17. The van der Waals surface area contributed by atoms with Crippen molar-refractivity contribution in [2.24, 2.45) is 10.4 Å². The van der Waals surface area contributed by atoms with E-state index in [1.54, 1.807) is 4.90 Å². The van der Waals surface area contributed by atoms with E-state index in [0.29, 0.717) is 19.5 Å². The summed E-state index contributed by atoms with van der Waals surface area (Å²) in [6.07, 6.45) is 0.387. The number of carbonyl (C=O) groups is 1. The molecule has 0 aliphatic carbocycles. The standard InChI is InChI=1S/C12H13N3O3/c16-12-11(14-18)10(13-17)6-7-15(12)8-9-4-2-1-3-5-9/h1-5,10-11H,6-8H2. The zero-order valence-electron chi connectivity index (χ0n) is 9.73. The van der Waals surface area contributed by atoms with E-state index in [0.717, 1.165) is 5.56 Å². The summed E-state index contributed by atoms with van der Waals surface area (Å²) in [5.41, 5.74) is 0.980. The molecule has 94 valence electrons. The van der Waals surface area contributed by atoms with E-state index in [1.807, 2.05) is 30.3 Å². The molecule has 18 heavy (non-hydrogen) atoms. The summed E-state index contributed by atoms with van der Waals surface area (Å²) < 4.78 is 0. The Morgan fingerprint density at radius 2 is 1.89 bits per heavy atom. The monoisotopic (exact) mass is 247 g/mol. The van der Waals surface area contributed by atoms with Crippen molar-refractivity contribution in [2.45, 2.75) is 25.0 Å². The van der Waals surface area contributed by atoms with Gasteiger partial charge < -0.3 is 4.90 Å². The molecule has 0 saturated carbocycles. The van der Waals surface area contributed by atoms with Gasteiger partial charge in [0.2, 0.25) is 0 Å². The predicted octanol–water partition coefficient (Wildman–Crippen LogP) is 1.69. The lowest BCUT2D eigenvalue weighted by Gasteiger charge is -2.31. The van der Waals surface area contributed by atoms with Gasteiger partial charge in [-0.1, -0.05) is 40.7 Å². The van der Waals surface area contributed by atoms with Crippen LogP contribution in [0.1, 0.15) is 12.0 Å². The summed E-state index contributed by atoms with van der Waals surface area (Å²) in [4.78, 5) is 34.7. The number of benzene rings is 1. The Balaban J connectivity index is 2.09. The van der Waals surface area contributed by atoms with E-state index in [1.165, 1.54) is 0 Å². The molecule has 1 aromatic rings. The van der Waals surface area contributed by atoms with Gasteiger partial charge in [-0.2, -0.15) is 4.91 Å². The third kappa shape index (κ3) is 2.42. The summed E-state index contributed by atoms with van der Waals surface area (Å²) in [5.74, 6) is -0.412. The molecular formula is C12H13N3O3. The third-order valence-electron chi connectivity index (χ3n) is 3.09. The van der Waals surface area contributed by atoms with Crippen LogP contribution in [0.2, 0.25) is 0 Å². The van der Waals surface area contributed by atoms with E-state index in [9.17, 15) is 14.6 Å². The number of nitrogens with zero attached hydrogens (tertiary/aromatic N) is 3. The molecule has 0 bridgehead atoms. The molecule has 1 saturated heterocycles. The fourth-order valence-electron chi connectivity index (χ4n) is 2.09. The summed E-state index contributed by atoms with van der Waals surface area (Å²) >= 11 is 0. The number of hydrogen-bond acceptors (Lipinski definition) is 5. The van der Waals surface area contributed by atoms with Crippen molar-refractivity contribution < 1.29 is 4.79 Å². The highest BCUT2D eigenvalue weighted by molar-refractivity contribution is 5.83. The van der Waals surface area contributed by atoms with Crippen LogP contribution in [0.5, 0.6) is 0 Å². The van der Waals surface area contributed by atoms with Crippen molar-refractivity contribution in [3.63, 3.8) is 0 Å². The molecule has 1 fully saturated rings. The van der Waals surface area contributed by atoms with Crippen LogP contribution in [-0.2, 0) is 11.3 Å². The molecule has 1 aromatic carbocycles. The van der Waals surface area contributed by atoms with Crippen molar-refractivity contribution in [1.29, 1.82) is 0 Å². The van der Waals surface area contributed by atoms with Gasteiger partial charge in [-0.15, -0.1) is 4.91 Å². The molecule has 6 heteroatoms. The van der Waals surface area contributed by atoms with Crippen molar-refractivity contribution in [2.75, 3.05) is 6.54 Å². The first-order valence-electron chi connectivity index (χ1n) is 5.74. The smallest absolute Gasteiger partial charge is 0.253 e. The quantitative estimate of drug-likeness (QED) is 0.759. The van der Waals surface area contributed by atoms with E-state index >= 15 is 0 Å². The SMILES string of the molecule is O=NC1CCN(Cc2ccccc2)C(=O)C1N=O. The maximum atomic E-state index is 12.0. The maximum Gasteiger partial charge on any atom is 0.253 e. The van der Waals surface area contributed by atoms with E-state index in [4.69, 9.17) is 0 Å². The second kappa shape index (κ2) is 5.48. The zero-order chi connectivity index (χ0) is 13.0. The van der Waals surface area contributed by atoms with Crippen LogP contribution in [0.3, 0.4) is 0 Å². The van der Waals surface area contributed by atoms with Crippen molar-refractivity contribution in [3.05, 3.63) is 45.7 Å². The lowest BCUT2D eigenvalue weighted by molar-refractivity contribution is -0.136. The van der Waals surface area contributed by atoms with Crippen molar-refractivity contribution in [1.82, 2.24) is 4.90 Å². The highest BCUT2D eigenvalue weighted by atomic mass is 16.3. The lowest BCUT2D eigenvalue weighted by Crippen LogP contribution is -2.49. The van der Waals surface area contributed by atoms with Gasteiger partial charge in [0.05, 0.1) is 0 Å². The molecule has 1 amide bonds. The van der Waals surface area contributed by atoms with Crippen LogP contribution in [0.25, 0.3) is 0 Å². The van der Waals surface area contributed by atoms with Crippen LogP contribution in [0.4, 0.5) is 0 Å². The minimum absolute atomic E-state index is 0.387. The van der Waals surface area contributed by atoms with Crippen LogP contribution in [0.15, 0.2) is 40.7 Å². The van der Waals surface area contributed by atoms with Crippen LogP contribution in [0, 0.1) is 9.81 Å². The molecule has 1 heterocycles. The van der Waals surface area contributed by atoms with Gasteiger partial charge >= 0.3 is 0 Å². The van der Waals surface area contributed by atoms with Crippen LogP contribution < -0.4 is 0 Å². The number of hydrogen-bond donors (Lipinski definition) is 0. The lowest BCUT2D eigenvalue weighted by atomic mass is 9.99. The molecule has 1 aliphatic heterocycles. The Morgan fingerprint density at radius 1 is 1.17 bits per heavy atom. The molecule has 2 atom stereocenters. The topological polar surface area (TPSA) is 79.2 Å². The first-order chi connectivity index (χ1) is 8.76. The third-order valence-corrected chi connectivity index (χ3v) is 3.09. The highest BCUT2D eigenvalue weighted by Crippen LogP contribution is 2.20. The Labute approximate surface area is 104 Å². The average molecular weight is 247 g/mol. The Bertz CT molecular complexity index is 449. The Morgan fingerprint density at radius 3 is 2.50 bits per heavy atom. The largest absolute Gasteiger partial charge is 0.336 e. The molecule has 0 aromatic heterocycles. The normalized spacial score (nSPS) is 23.8. The number of likely N-dealkylation sites (tertiary alicyclic amines) is 1. The van der Waals surface area contributed by atoms with Gasteiger partial charge in [-0.3, -0.25) is 4.79 Å². The van der Waals surface area contributed by atoms with E-state index in [2.05, 4.69) is 10.4 Å². The fourth-order valence-corrected chi connectivity index (χ4v) is 2.09. The summed E-state index contributed by atoms with van der Waals surface area (Å²) in [6, 6.07) is 7.48. The molecule has 1 aliphatic rings.